The Balaban J connectivity index is 1.14. The van der Waals surface area contributed by atoms with Crippen LogP contribution in [0.5, 0.6) is 0 Å². The highest BCUT2D eigenvalue weighted by atomic mass is 32.1. The minimum atomic E-state index is 1.12. The molecule has 3 heteroatoms. The number of hydrogen-bond donors (Lipinski definition) is 0. The Hall–Kier alpha value is -6.42. The molecule has 0 amide bonds. The summed E-state index contributed by atoms with van der Waals surface area (Å²) in [6.07, 6.45) is 0. The molecule has 0 bridgehead atoms. The van der Waals surface area contributed by atoms with Crippen molar-refractivity contribution in [1.29, 1.82) is 0 Å². The molecular weight excluding hydrogens is 637 g/mol. The summed E-state index contributed by atoms with van der Waals surface area (Å²) in [5.74, 6) is 0. The predicted octanol–water partition coefficient (Wildman–Crippen LogP) is 14.1. The van der Waals surface area contributed by atoms with Gasteiger partial charge in [0.25, 0.3) is 0 Å². The van der Waals surface area contributed by atoms with Crippen molar-refractivity contribution < 1.29 is 0 Å². The fourth-order valence-corrected chi connectivity index (χ4v) is 9.41. The second-order valence-corrected chi connectivity index (χ2v) is 14.4. The Bertz CT molecular complexity index is 3090. The molecular formula is C48H30N2S. The van der Waals surface area contributed by atoms with Crippen molar-refractivity contribution in [1.82, 2.24) is 4.57 Å². The van der Waals surface area contributed by atoms with E-state index in [9.17, 15) is 0 Å². The fourth-order valence-electron chi connectivity index (χ4n) is 8.28. The molecule has 2 heterocycles. The van der Waals surface area contributed by atoms with Gasteiger partial charge in [0.05, 0.1) is 16.7 Å². The summed E-state index contributed by atoms with van der Waals surface area (Å²) in [5.41, 5.74) is 7.01. The van der Waals surface area contributed by atoms with E-state index in [1.54, 1.807) is 0 Å². The Morgan fingerprint density at radius 2 is 0.961 bits per heavy atom. The zero-order chi connectivity index (χ0) is 33.5. The molecule has 2 nitrogen and oxygen atoms in total. The average Bonchev–Trinajstić information content (AvgIpc) is 3.74. The van der Waals surface area contributed by atoms with E-state index in [-0.39, 0.29) is 0 Å². The summed E-state index contributed by atoms with van der Waals surface area (Å²) in [5, 5.41) is 12.7. The molecule has 0 spiro atoms. The normalized spacial score (nSPS) is 11.9. The van der Waals surface area contributed by atoms with Crippen LogP contribution < -0.4 is 4.90 Å². The quantitative estimate of drug-likeness (QED) is 0.170. The van der Waals surface area contributed by atoms with Crippen LogP contribution in [0.2, 0.25) is 0 Å². The number of anilines is 3. The maximum absolute atomic E-state index is 2.45. The molecule has 238 valence electrons. The number of thiophene rings is 1. The lowest BCUT2D eigenvalue weighted by atomic mass is 9.96. The molecule has 0 saturated heterocycles. The lowest BCUT2D eigenvalue weighted by Gasteiger charge is -2.27. The Morgan fingerprint density at radius 1 is 0.373 bits per heavy atom. The minimum Gasteiger partial charge on any atom is -0.310 e. The highest BCUT2D eigenvalue weighted by Gasteiger charge is 2.20. The van der Waals surface area contributed by atoms with Crippen LogP contribution in [0.3, 0.4) is 0 Å². The highest BCUT2D eigenvalue weighted by Crippen LogP contribution is 2.46. The zero-order valence-corrected chi connectivity index (χ0v) is 28.4. The Labute approximate surface area is 298 Å². The maximum atomic E-state index is 2.45. The van der Waals surface area contributed by atoms with Crippen molar-refractivity contribution in [2.75, 3.05) is 4.90 Å². The van der Waals surface area contributed by atoms with E-state index in [0.29, 0.717) is 0 Å². The van der Waals surface area contributed by atoms with E-state index in [1.165, 1.54) is 80.0 Å². The van der Waals surface area contributed by atoms with Gasteiger partial charge in [-0.15, -0.1) is 11.3 Å². The third-order valence-electron chi connectivity index (χ3n) is 10.5. The van der Waals surface area contributed by atoms with Gasteiger partial charge >= 0.3 is 0 Å². The lowest BCUT2D eigenvalue weighted by Crippen LogP contribution is -2.10. The van der Waals surface area contributed by atoms with E-state index < -0.39 is 0 Å². The Morgan fingerprint density at radius 3 is 1.75 bits per heavy atom. The number of fused-ring (bicyclic) bond motifs is 11. The Kier molecular flexibility index (Phi) is 6.16. The van der Waals surface area contributed by atoms with Crippen LogP contribution >= 0.6 is 11.3 Å². The molecule has 9 aromatic carbocycles. The summed E-state index contributed by atoms with van der Waals surface area (Å²) < 4.78 is 4.98. The van der Waals surface area contributed by atoms with Crippen molar-refractivity contribution in [3.8, 4) is 5.69 Å². The number of para-hydroxylation sites is 2. The van der Waals surface area contributed by atoms with Crippen LogP contribution in [0.25, 0.3) is 80.0 Å². The second kappa shape index (κ2) is 11.0. The van der Waals surface area contributed by atoms with Gasteiger partial charge in [-0.25, -0.2) is 0 Å². The first-order chi connectivity index (χ1) is 25.3. The summed E-state index contributed by atoms with van der Waals surface area (Å²) >= 11 is 1.86. The van der Waals surface area contributed by atoms with Gasteiger partial charge in [-0.05, 0) is 99.0 Å². The minimum absolute atomic E-state index is 1.12. The van der Waals surface area contributed by atoms with E-state index in [4.69, 9.17) is 0 Å². The van der Waals surface area contributed by atoms with E-state index in [1.807, 2.05) is 11.3 Å². The first kappa shape index (κ1) is 28.4. The van der Waals surface area contributed by atoms with Crippen molar-refractivity contribution in [3.63, 3.8) is 0 Å². The smallest absolute Gasteiger partial charge is 0.0554 e. The molecule has 51 heavy (non-hydrogen) atoms. The van der Waals surface area contributed by atoms with Crippen molar-refractivity contribution in [2.45, 2.75) is 0 Å². The van der Waals surface area contributed by atoms with Crippen molar-refractivity contribution in [2.24, 2.45) is 0 Å². The molecule has 2 aromatic heterocycles. The standard InChI is InChI=1S/C48H30N2S/c1-2-11-37-31(10-1)20-21-32-22-23-33-30-36(28-29-38(33)47(32)37)49(44-17-9-19-46-48(44)41-14-5-8-18-45(41)51-46)34-24-26-35(27-25-34)50-42-15-6-3-12-39(42)40-13-4-7-16-43(40)50/h1-30H. The molecule has 11 rings (SSSR count). The molecule has 0 aliphatic heterocycles. The second-order valence-electron chi connectivity index (χ2n) is 13.3. The number of benzene rings is 9. The number of hydrogen-bond acceptors (Lipinski definition) is 2. The van der Waals surface area contributed by atoms with Crippen LogP contribution in [0.15, 0.2) is 182 Å². The first-order valence-electron chi connectivity index (χ1n) is 17.4. The SMILES string of the molecule is c1ccc2c(c1)ccc1ccc3cc(N(c4ccc(-n5c6ccccc6c6ccccc65)cc4)c4cccc5sc6ccccc6c45)ccc3c12. The van der Waals surface area contributed by atoms with Gasteiger partial charge in [-0.1, -0.05) is 115 Å². The van der Waals surface area contributed by atoms with Gasteiger partial charge < -0.3 is 9.47 Å². The first-order valence-corrected chi connectivity index (χ1v) is 18.3. The molecule has 0 aliphatic rings. The van der Waals surface area contributed by atoms with Crippen LogP contribution in [0.1, 0.15) is 0 Å². The van der Waals surface area contributed by atoms with Gasteiger partial charge in [0.1, 0.15) is 0 Å². The van der Waals surface area contributed by atoms with Gasteiger partial charge in [0.15, 0.2) is 0 Å². The number of rotatable bonds is 4. The average molecular weight is 667 g/mol. The molecule has 0 aliphatic carbocycles. The third kappa shape index (κ3) is 4.29. The monoisotopic (exact) mass is 666 g/mol. The van der Waals surface area contributed by atoms with Crippen molar-refractivity contribution in [3.05, 3.63) is 182 Å². The van der Waals surface area contributed by atoms with Crippen molar-refractivity contribution >= 4 is 103 Å². The van der Waals surface area contributed by atoms with Gasteiger partial charge in [-0.2, -0.15) is 0 Å². The molecule has 0 saturated carbocycles. The molecule has 0 fully saturated rings. The van der Waals surface area contributed by atoms with Crippen LogP contribution in [0.4, 0.5) is 17.1 Å². The molecule has 0 radical (unpaired) electrons. The van der Waals surface area contributed by atoms with E-state index in [2.05, 4.69) is 191 Å². The van der Waals surface area contributed by atoms with Crippen LogP contribution in [0, 0.1) is 0 Å². The molecule has 0 N–H and O–H groups in total. The summed E-state index contributed by atoms with van der Waals surface area (Å²) in [7, 11) is 0. The molecule has 0 atom stereocenters. The topological polar surface area (TPSA) is 8.17 Å². The summed E-state index contributed by atoms with van der Waals surface area (Å²) in [6.45, 7) is 0. The molecule has 0 unspecified atom stereocenters. The lowest BCUT2D eigenvalue weighted by molar-refractivity contribution is 1.17. The maximum Gasteiger partial charge on any atom is 0.0554 e. The largest absolute Gasteiger partial charge is 0.310 e. The summed E-state index contributed by atoms with van der Waals surface area (Å²) in [4.78, 5) is 2.45. The third-order valence-corrected chi connectivity index (χ3v) is 11.7. The van der Waals surface area contributed by atoms with E-state index >= 15 is 0 Å². The fraction of sp³-hybridized carbons (Fsp3) is 0. The zero-order valence-electron chi connectivity index (χ0n) is 27.6. The number of nitrogens with zero attached hydrogens (tertiary/aromatic N) is 2. The molecule has 11 aromatic rings. The van der Waals surface area contributed by atoms with E-state index in [0.717, 1.165) is 17.1 Å². The van der Waals surface area contributed by atoms with Gasteiger partial charge in [0, 0.05) is 48.0 Å². The number of aromatic nitrogens is 1. The predicted molar refractivity (Wildman–Crippen MR) is 221 cm³/mol. The van der Waals surface area contributed by atoms with Crippen LogP contribution in [-0.4, -0.2) is 4.57 Å². The summed E-state index contributed by atoms with van der Waals surface area (Å²) in [6, 6.07) is 66.8. The van der Waals surface area contributed by atoms with Gasteiger partial charge in [-0.3, -0.25) is 0 Å². The van der Waals surface area contributed by atoms with Crippen LogP contribution in [-0.2, 0) is 0 Å². The highest BCUT2D eigenvalue weighted by molar-refractivity contribution is 7.26. The van der Waals surface area contributed by atoms with Gasteiger partial charge in [0.2, 0.25) is 0 Å².